The molecule has 0 atom stereocenters. The van der Waals surface area contributed by atoms with E-state index in [4.69, 9.17) is 0 Å². The summed E-state index contributed by atoms with van der Waals surface area (Å²) < 4.78 is 0. The van der Waals surface area contributed by atoms with Crippen LogP contribution in [0.1, 0.15) is 10.4 Å². The molecule has 0 radical (unpaired) electrons. The number of nitrogens with zero attached hydrogens (tertiary/aromatic N) is 2. The Balaban J connectivity index is 2.30. The van der Waals surface area contributed by atoms with Crippen molar-refractivity contribution >= 4 is 5.91 Å². The molecule has 0 unspecified atom stereocenters. The van der Waals surface area contributed by atoms with Crippen molar-refractivity contribution in [1.29, 1.82) is 0 Å². The van der Waals surface area contributed by atoms with E-state index in [-0.39, 0.29) is 5.91 Å². The molecule has 1 amide bonds. The van der Waals surface area contributed by atoms with Crippen molar-refractivity contribution in [2.45, 2.75) is 0 Å². The van der Waals surface area contributed by atoms with E-state index in [1.165, 1.54) is 0 Å². The Bertz CT molecular complexity index is 479. The van der Waals surface area contributed by atoms with E-state index >= 15 is 0 Å². The third kappa shape index (κ3) is 2.06. The molecule has 16 heavy (non-hydrogen) atoms. The first-order valence-corrected chi connectivity index (χ1v) is 4.90. The summed E-state index contributed by atoms with van der Waals surface area (Å²) in [4.78, 5) is 19.5. The fraction of sp³-hybridized carbons (Fsp3) is 0.0833. The van der Waals surface area contributed by atoms with Gasteiger partial charge in [0, 0.05) is 31.2 Å². The Kier molecular flexibility index (Phi) is 2.91. The largest absolute Gasteiger partial charge is 0.355 e. The lowest BCUT2D eigenvalue weighted by molar-refractivity contribution is 0.0963. The predicted molar refractivity (Wildman–Crippen MR) is 60.9 cm³/mol. The van der Waals surface area contributed by atoms with E-state index in [0.29, 0.717) is 5.56 Å². The van der Waals surface area contributed by atoms with Gasteiger partial charge in [-0.3, -0.25) is 14.8 Å². The van der Waals surface area contributed by atoms with Gasteiger partial charge in [0.1, 0.15) is 0 Å². The number of hydrogen-bond acceptors (Lipinski definition) is 3. The van der Waals surface area contributed by atoms with Crippen molar-refractivity contribution in [3.63, 3.8) is 0 Å². The molecule has 0 bridgehead atoms. The molecule has 0 aliphatic carbocycles. The van der Waals surface area contributed by atoms with Crippen molar-refractivity contribution < 1.29 is 4.79 Å². The van der Waals surface area contributed by atoms with E-state index in [9.17, 15) is 4.79 Å². The molecule has 0 aliphatic rings. The first-order valence-electron chi connectivity index (χ1n) is 4.90. The normalized spacial score (nSPS) is 9.81. The maximum atomic E-state index is 11.3. The van der Waals surface area contributed by atoms with Crippen molar-refractivity contribution in [2.24, 2.45) is 0 Å². The van der Waals surface area contributed by atoms with Crippen LogP contribution >= 0.6 is 0 Å². The minimum Gasteiger partial charge on any atom is -0.355 e. The molecule has 2 aromatic heterocycles. The van der Waals surface area contributed by atoms with Crippen molar-refractivity contribution in [2.75, 3.05) is 7.05 Å². The minimum absolute atomic E-state index is 0.134. The van der Waals surface area contributed by atoms with Crippen LogP contribution in [0.4, 0.5) is 0 Å². The Labute approximate surface area is 93.4 Å². The van der Waals surface area contributed by atoms with Gasteiger partial charge in [0.15, 0.2) is 0 Å². The second-order valence-electron chi connectivity index (χ2n) is 3.25. The highest BCUT2D eigenvalue weighted by atomic mass is 16.1. The molecule has 80 valence electrons. The monoisotopic (exact) mass is 213 g/mol. The number of carbonyl (C=O) groups excluding carboxylic acids is 1. The van der Waals surface area contributed by atoms with Crippen molar-refractivity contribution in [3.05, 3.63) is 48.4 Å². The van der Waals surface area contributed by atoms with Crippen LogP contribution in [-0.2, 0) is 0 Å². The van der Waals surface area contributed by atoms with Gasteiger partial charge < -0.3 is 5.32 Å². The van der Waals surface area contributed by atoms with Gasteiger partial charge in [0.25, 0.3) is 5.91 Å². The molecule has 0 spiro atoms. The highest BCUT2D eigenvalue weighted by molar-refractivity contribution is 5.93. The SMILES string of the molecule is CNC(=O)c1ccc(-c2cccnc2)nc1. The lowest BCUT2D eigenvalue weighted by Crippen LogP contribution is -2.17. The van der Waals surface area contributed by atoms with Gasteiger partial charge >= 0.3 is 0 Å². The summed E-state index contributed by atoms with van der Waals surface area (Å²) in [5.41, 5.74) is 2.29. The number of amides is 1. The number of aromatic nitrogens is 2. The zero-order valence-corrected chi connectivity index (χ0v) is 8.84. The third-order valence-electron chi connectivity index (χ3n) is 2.21. The Hall–Kier alpha value is -2.23. The molecule has 0 fully saturated rings. The van der Waals surface area contributed by atoms with Gasteiger partial charge in [0.05, 0.1) is 11.3 Å². The topological polar surface area (TPSA) is 54.9 Å². The lowest BCUT2D eigenvalue weighted by Gasteiger charge is -2.02. The number of hydrogen-bond donors (Lipinski definition) is 1. The molecule has 2 rings (SSSR count). The molecular formula is C12H11N3O. The van der Waals surface area contributed by atoms with E-state index in [0.717, 1.165) is 11.3 Å². The van der Waals surface area contributed by atoms with Crippen molar-refractivity contribution in [3.8, 4) is 11.3 Å². The average Bonchev–Trinajstić information content (AvgIpc) is 2.39. The van der Waals surface area contributed by atoms with Crippen LogP contribution < -0.4 is 5.32 Å². The average molecular weight is 213 g/mol. The number of carbonyl (C=O) groups is 1. The standard InChI is InChI=1S/C12H11N3O/c1-13-12(16)10-4-5-11(15-8-10)9-3-2-6-14-7-9/h2-8H,1H3,(H,13,16). The molecule has 4 nitrogen and oxygen atoms in total. The van der Waals surface area contributed by atoms with Gasteiger partial charge in [-0.25, -0.2) is 0 Å². The fourth-order valence-electron chi connectivity index (χ4n) is 1.36. The molecule has 2 aromatic rings. The van der Waals surface area contributed by atoms with Crippen LogP contribution in [0.3, 0.4) is 0 Å². The number of pyridine rings is 2. The Morgan fingerprint density at radius 2 is 2.12 bits per heavy atom. The van der Waals surface area contributed by atoms with Gasteiger partial charge in [-0.05, 0) is 24.3 Å². The molecule has 0 saturated carbocycles. The third-order valence-corrected chi connectivity index (χ3v) is 2.21. The molecule has 4 heteroatoms. The zero-order valence-electron chi connectivity index (χ0n) is 8.84. The summed E-state index contributed by atoms with van der Waals surface area (Å²) in [6.07, 6.45) is 5.01. The van der Waals surface area contributed by atoms with Gasteiger partial charge in [0.2, 0.25) is 0 Å². The maximum absolute atomic E-state index is 11.3. The second-order valence-corrected chi connectivity index (χ2v) is 3.25. The first kappa shape index (κ1) is 10.3. The number of rotatable bonds is 2. The predicted octanol–water partition coefficient (Wildman–Crippen LogP) is 1.50. The highest BCUT2D eigenvalue weighted by Crippen LogP contribution is 2.14. The molecule has 2 heterocycles. The molecular weight excluding hydrogens is 202 g/mol. The summed E-state index contributed by atoms with van der Waals surface area (Å²) in [6.45, 7) is 0. The van der Waals surface area contributed by atoms with Crippen LogP contribution in [0.5, 0.6) is 0 Å². The zero-order chi connectivity index (χ0) is 11.4. The van der Waals surface area contributed by atoms with Gasteiger partial charge in [-0.2, -0.15) is 0 Å². The van der Waals surface area contributed by atoms with Crippen LogP contribution in [-0.4, -0.2) is 22.9 Å². The molecule has 0 aromatic carbocycles. The lowest BCUT2D eigenvalue weighted by atomic mass is 10.1. The molecule has 0 aliphatic heterocycles. The summed E-state index contributed by atoms with van der Waals surface area (Å²) >= 11 is 0. The highest BCUT2D eigenvalue weighted by Gasteiger charge is 2.04. The van der Waals surface area contributed by atoms with Crippen LogP contribution in [0.15, 0.2) is 42.9 Å². The number of nitrogens with one attached hydrogen (secondary N) is 1. The molecule has 1 N–H and O–H groups in total. The summed E-state index contributed by atoms with van der Waals surface area (Å²) in [5.74, 6) is -0.134. The fourth-order valence-corrected chi connectivity index (χ4v) is 1.36. The van der Waals surface area contributed by atoms with Crippen LogP contribution in [0.25, 0.3) is 11.3 Å². The second kappa shape index (κ2) is 4.53. The van der Waals surface area contributed by atoms with Gasteiger partial charge in [-0.1, -0.05) is 0 Å². The van der Waals surface area contributed by atoms with Gasteiger partial charge in [-0.15, -0.1) is 0 Å². The maximum Gasteiger partial charge on any atom is 0.252 e. The Morgan fingerprint density at radius 1 is 1.25 bits per heavy atom. The van der Waals surface area contributed by atoms with Crippen molar-refractivity contribution in [1.82, 2.24) is 15.3 Å². The Morgan fingerprint density at radius 3 is 2.69 bits per heavy atom. The summed E-state index contributed by atoms with van der Waals surface area (Å²) in [5, 5.41) is 2.55. The summed E-state index contributed by atoms with van der Waals surface area (Å²) in [6, 6.07) is 7.33. The quantitative estimate of drug-likeness (QED) is 0.822. The minimum atomic E-state index is -0.134. The van der Waals surface area contributed by atoms with E-state index in [2.05, 4.69) is 15.3 Å². The van der Waals surface area contributed by atoms with E-state index in [1.54, 1.807) is 31.7 Å². The van der Waals surface area contributed by atoms with Crippen LogP contribution in [0, 0.1) is 0 Å². The van der Waals surface area contributed by atoms with E-state index < -0.39 is 0 Å². The first-order chi connectivity index (χ1) is 7.81. The smallest absolute Gasteiger partial charge is 0.252 e. The molecule has 0 saturated heterocycles. The van der Waals surface area contributed by atoms with Crippen LogP contribution in [0.2, 0.25) is 0 Å². The summed E-state index contributed by atoms with van der Waals surface area (Å²) in [7, 11) is 1.59. The van der Waals surface area contributed by atoms with E-state index in [1.807, 2.05) is 18.2 Å².